The molecule has 5 heteroatoms. The van der Waals surface area contributed by atoms with Gasteiger partial charge in [-0.05, 0) is 80.7 Å². The summed E-state index contributed by atoms with van der Waals surface area (Å²) in [6.45, 7) is 11.6. The Bertz CT molecular complexity index is 1120. The molecule has 1 saturated carbocycles. The summed E-state index contributed by atoms with van der Waals surface area (Å²) in [7, 11) is 2.12. The van der Waals surface area contributed by atoms with Crippen LogP contribution in [0, 0.1) is 11.3 Å². The minimum absolute atomic E-state index is 0.128. The van der Waals surface area contributed by atoms with Crippen LogP contribution in [0.2, 0.25) is 0 Å². The van der Waals surface area contributed by atoms with Crippen molar-refractivity contribution in [2.45, 2.75) is 72.4 Å². The SMILES string of the molecule is CCOC(=O)c1ccc(C(C)N(c2nc3ccccc3n2C)C2CCC(C(C)(C)C)CC2)cc1. The summed E-state index contributed by atoms with van der Waals surface area (Å²) in [6, 6.07) is 16.8. The van der Waals surface area contributed by atoms with E-state index in [1.165, 1.54) is 18.4 Å². The first kappa shape index (κ1) is 24.3. The summed E-state index contributed by atoms with van der Waals surface area (Å²) in [4.78, 5) is 19.8. The quantitative estimate of drug-likeness (QED) is 0.374. The molecule has 0 bridgehead atoms. The molecular formula is C29H39N3O2. The van der Waals surface area contributed by atoms with Crippen molar-refractivity contribution < 1.29 is 9.53 Å². The molecule has 1 aliphatic rings. The van der Waals surface area contributed by atoms with Crippen molar-refractivity contribution in [3.63, 3.8) is 0 Å². The van der Waals surface area contributed by atoms with Gasteiger partial charge in [0.05, 0.1) is 29.2 Å². The molecular weight excluding hydrogens is 422 g/mol. The number of rotatable bonds is 6. The highest BCUT2D eigenvalue weighted by atomic mass is 16.5. The molecule has 1 atom stereocenters. The average molecular weight is 462 g/mol. The monoisotopic (exact) mass is 461 g/mol. The number of aromatic nitrogens is 2. The van der Waals surface area contributed by atoms with E-state index in [-0.39, 0.29) is 12.0 Å². The normalized spacial score (nSPS) is 19.7. The van der Waals surface area contributed by atoms with Crippen LogP contribution < -0.4 is 4.90 Å². The van der Waals surface area contributed by atoms with Gasteiger partial charge in [0.15, 0.2) is 0 Å². The highest BCUT2D eigenvalue weighted by molar-refractivity contribution is 5.89. The third-order valence-corrected chi connectivity index (χ3v) is 7.63. The van der Waals surface area contributed by atoms with E-state index in [9.17, 15) is 4.79 Å². The van der Waals surface area contributed by atoms with Crippen molar-refractivity contribution in [1.29, 1.82) is 0 Å². The molecule has 0 saturated heterocycles. The number of nitrogens with zero attached hydrogens (tertiary/aromatic N) is 3. The van der Waals surface area contributed by atoms with Crippen LogP contribution in [0.15, 0.2) is 48.5 Å². The van der Waals surface area contributed by atoms with Gasteiger partial charge in [0.1, 0.15) is 0 Å². The first-order valence-corrected chi connectivity index (χ1v) is 12.7. The maximum absolute atomic E-state index is 12.1. The molecule has 1 fully saturated rings. The van der Waals surface area contributed by atoms with E-state index >= 15 is 0 Å². The number of imidazole rings is 1. The second-order valence-electron chi connectivity index (χ2n) is 10.8. The average Bonchev–Trinajstić information content (AvgIpc) is 3.15. The Hall–Kier alpha value is -2.82. The lowest BCUT2D eigenvalue weighted by Gasteiger charge is -2.43. The van der Waals surface area contributed by atoms with Crippen LogP contribution in [0.25, 0.3) is 11.0 Å². The number of aryl methyl sites for hydroxylation is 1. The Morgan fingerprint density at radius 1 is 1.09 bits per heavy atom. The van der Waals surface area contributed by atoms with E-state index in [2.05, 4.69) is 80.6 Å². The molecule has 2 aromatic carbocycles. The minimum Gasteiger partial charge on any atom is -0.462 e. The predicted molar refractivity (Wildman–Crippen MR) is 139 cm³/mol. The highest BCUT2D eigenvalue weighted by Crippen LogP contribution is 2.42. The summed E-state index contributed by atoms with van der Waals surface area (Å²) in [5.41, 5.74) is 4.30. The Balaban J connectivity index is 1.68. The van der Waals surface area contributed by atoms with E-state index in [0.717, 1.165) is 35.7 Å². The van der Waals surface area contributed by atoms with Gasteiger partial charge < -0.3 is 14.2 Å². The van der Waals surface area contributed by atoms with Crippen molar-refractivity contribution in [3.8, 4) is 0 Å². The molecule has 4 rings (SSSR count). The second-order valence-corrected chi connectivity index (χ2v) is 10.8. The number of anilines is 1. The van der Waals surface area contributed by atoms with E-state index in [1.807, 2.05) is 19.1 Å². The van der Waals surface area contributed by atoms with Crippen molar-refractivity contribution in [1.82, 2.24) is 9.55 Å². The lowest BCUT2D eigenvalue weighted by molar-refractivity contribution is 0.0526. The van der Waals surface area contributed by atoms with Gasteiger partial charge in [-0.25, -0.2) is 9.78 Å². The number of hydrogen-bond donors (Lipinski definition) is 0. The van der Waals surface area contributed by atoms with Crippen molar-refractivity contribution >= 4 is 23.0 Å². The molecule has 0 amide bonds. The maximum atomic E-state index is 12.1. The first-order valence-electron chi connectivity index (χ1n) is 12.7. The van der Waals surface area contributed by atoms with E-state index in [1.54, 1.807) is 0 Å². The van der Waals surface area contributed by atoms with Gasteiger partial charge in [-0.2, -0.15) is 0 Å². The molecule has 0 radical (unpaired) electrons. The predicted octanol–water partition coefficient (Wildman–Crippen LogP) is 6.92. The molecule has 0 N–H and O–H groups in total. The van der Waals surface area contributed by atoms with Crippen LogP contribution in [-0.4, -0.2) is 28.2 Å². The Kier molecular flexibility index (Phi) is 7.01. The summed E-state index contributed by atoms with van der Waals surface area (Å²) in [6.07, 6.45) is 4.80. The van der Waals surface area contributed by atoms with E-state index < -0.39 is 0 Å². The summed E-state index contributed by atoms with van der Waals surface area (Å²) < 4.78 is 7.40. The van der Waals surface area contributed by atoms with Gasteiger partial charge in [0.2, 0.25) is 5.95 Å². The molecule has 3 aromatic rings. The molecule has 182 valence electrons. The van der Waals surface area contributed by atoms with Gasteiger partial charge in [-0.1, -0.05) is 45.0 Å². The maximum Gasteiger partial charge on any atom is 0.338 e. The van der Waals surface area contributed by atoms with Crippen LogP contribution >= 0.6 is 0 Å². The lowest BCUT2D eigenvalue weighted by Crippen LogP contribution is -2.42. The fourth-order valence-corrected chi connectivity index (χ4v) is 5.51. The third kappa shape index (κ3) is 4.84. The summed E-state index contributed by atoms with van der Waals surface area (Å²) in [5.74, 6) is 1.50. The molecule has 1 aromatic heterocycles. The largest absolute Gasteiger partial charge is 0.462 e. The highest BCUT2D eigenvalue weighted by Gasteiger charge is 2.35. The molecule has 1 aliphatic carbocycles. The molecule has 1 heterocycles. The Morgan fingerprint density at radius 3 is 2.32 bits per heavy atom. The van der Waals surface area contributed by atoms with Crippen LogP contribution in [0.3, 0.4) is 0 Å². The molecule has 0 aliphatic heterocycles. The van der Waals surface area contributed by atoms with Crippen LogP contribution in [0.1, 0.15) is 82.3 Å². The fourth-order valence-electron chi connectivity index (χ4n) is 5.51. The Morgan fingerprint density at radius 2 is 1.74 bits per heavy atom. The number of ether oxygens (including phenoxy) is 1. The number of benzene rings is 2. The minimum atomic E-state index is -0.269. The number of hydrogen-bond acceptors (Lipinski definition) is 4. The number of carbonyl (C=O) groups is 1. The summed E-state index contributed by atoms with van der Waals surface area (Å²) in [5, 5.41) is 0. The fraction of sp³-hybridized carbons (Fsp3) is 0.517. The van der Waals surface area contributed by atoms with E-state index in [0.29, 0.717) is 23.6 Å². The number of carbonyl (C=O) groups excluding carboxylic acids is 1. The molecule has 5 nitrogen and oxygen atoms in total. The van der Waals surface area contributed by atoms with Crippen LogP contribution in [0.4, 0.5) is 5.95 Å². The molecule has 34 heavy (non-hydrogen) atoms. The summed E-state index contributed by atoms with van der Waals surface area (Å²) >= 11 is 0. The van der Waals surface area contributed by atoms with E-state index in [4.69, 9.17) is 9.72 Å². The van der Waals surface area contributed by atoms with Gasteiger partial charge in [-0.3, -0.25) is 0 Å². The topological polar surface area (TPSA) is 47.4 Å². The van der Waals surface area contributed by atoms with Gasteiger partial charge in [0.25, 0.3) is 0 Å². The lowest BCUT2D eigenvalue weighted by atomic mass is 9.71. The zero-order valence-electron chi connectivity index (χ0n) is 21.5. The zero-order valence-corrected chi connectivity index (χ0v) is 21.5. The Labute approximate surface area is 204 Å². The van der Waals surface area contributed by atoms with Gasteiger partial charge >= 0.3 is 5.97 Å². The molecule has 0 spiro atoms. The van der Waals surface area contributed by atoms with Gasteiger partial charge in [-0.15, -0.1) is 0 Å². The number of esters is 1. The van der Waals surface area contributed by atoms with Gasteiger partial charge in [0, 0.05) is 13.1 Å². The van der Waals surface area contributed by atoms with Crippen molar-refractivity contribution in [3.05, 3.63) is 59.7 Å². The zero-order chi connectivity index (χ0) is 24.5. The van der Waals surface area contributed by atoms with Crippen molar-refractivity contribution in [2.24, 2.45) is 18.4 Å². The number of para-hydroxylation sites is 2. The number of fused-ring (bicyclic) bond motifs is 1. The molecule has 1 unspecified atom stereocenters. The first-order chi connectivity index (χ1) is 16.2. The van der Waals surface area contributed by atoms with Crippen molar-refractivity contribution in [2.75, 3.05) is 11.5 Å². The standard InChI is InChI=1S/C29H39N3O2/c1-7-34-27(33)22-14-12-21(13-15-22)20(2)32(24-18-16-23(17-19-24)29(3,4)5)28-30-25-10-8-9-11-26(25)31(28)6/h8-15,20,23-24H,7,16-19H2,1-6H3. The second kappa shape index (κ2) is 9.81. The third-order valence-electron chi connectivity index (χ3n) is 7.63. The van der Waals surface area contributed by atoms with Crippen LogP contribution in [-0.2, 0) is 11.8 Å². The smallest absolute Gasteiger partial charge is 0.338 e. The van der Waals surface area contributed by atoms with Crippen LogP contribution in [0.5, 0.6) is 0 Å².